The second-order valence-corrected chi connectivity index (χ2v) is 18.6. The minimum atomic E-state index is -1.79. The Kier molecular flexibility index (Phi) is 7.77. The van der Waals surface area contributed by atoms with E-state index in [1.807, 2.05) is 0 Å². The molecule has 0 aromatic carbocycles. The van der Waals surface area contributed by atoms with Crippen molar-refractivity contribution in [2.75, 3.05) is 0 Å². The number of hydrogen-bond donors (Lipinski definition) is 0. The highest BCUT2D eigenvalue weighted by atomic mass is 28.4. The third kappa shape index (κ3) is 6.25. The van der Waals surface area contributed by atoms with Crippen LogP contribution in [0.15, 0.2) is 0 Å². The zero-order valence-corrected chi connectivity index (χ0v) is 17.9. The summed E-state index contributed by atoms with van der Waals surface area (Å²) in [6.07, 6.45) is 3.62. The largest absolute Gasteiger partial charge is 0.456 e. The highest BCUT2D eigenvalue weighted by molar-refractivity contribution is 6.81. The summed E-state index contributed by atoms with van der Waals surface area (Å²) < 4.78 is 13.2. The van der Waals surface area contributed by atoms with Gasteiger partial charge in [0.1, 0.15) is 0 Å². The molecule has 0 aliphatic heterocycles. The quantitative estimate of drug-likeness (QED) is 0.561. The molecule has 0 aromatic heterocycles. The molecule has 0 aromatic rings. The van der Waals surface area contributed by atoms with Gasteiger partial charge in [0.05, 0.1) is 5.22 Å². The van der Waals surface area contributed by atoms with Crippen molar-refractivity contribution in [3.63, 3.8) is 0 Å². The maximum atomic E-state index is 6.74. The minimum Gasteiger partial charge on any atom is -0.456 e. The molecule has 0 saturated heterocycles. The Bertz CT molecular complexity index is 267. The molecule has 5 heteroatoms. The fourth-order valence-electron chi connectivity index (χ4n) is 2.60. The Hall–Kier alpha value is 0.571. The predicted octanol–water partition coefficient (Wildman–Crippen LogP) is 4.92. The van der Waals surface area contributed by atoms with E-state index in [0.29, 0.717) is 0 Å². The highest BCUT2D eigenvalue weighted by Crippen LogP contribution is 2.34. The molecule has 1 atom stereocenters. The van der Waals surface area contributed by atoms with Crippen molar-refractivity contribution in [1.82, 2.24) is 0 Å². The van der Waals surface area contributed by atoms with Crippen molar-refractivity contribution in [2.45, 2.75) is 90.6 Å². The maximum absolute atomic E-state index is 6.74. The van der Waals surface area contributed by atoms with Gasteiger partial charge in [0.15, 0.2) is 17.4 Å². The topological polar surface area (TPSA) is 18.5 Å². The molecule has 0 amide bonds. The summed E-state index contributed by atoms with van der Waals surface area (Å²) in [5.41, 5.74) is 0. The van der Waals surface area contributed by atoms with E-state index in [4.69, 9.17) is 8.54 Å². The second-order valence-electron chi connectivity index (χ2n) is 7.23. The molecule has 0 N–H and O–H groups in total. The van der Waals surface area contributed by atoms with Crippen molar-refractivity contribution in [3.8, 4) is 0 Å². The van der Waals surface area contributed by atoms with Gasteiger partial charge in [-0.15, -0.1) is 0 Å². The summed E-state index contributed by atoms with van der Waals surface area (Å²) in [6, 6.07) is 1.27. The Morgan fingerprint density at radius 3 is 1.95 bits per heavy atom. The van der Waals surface area contributed by atoms with Crippen LogP contribution in [0.1, 0.15) is 40.0 Å². The molecule has 0 aliphatic rings. The van der Waals surface area contributed by atoms with Gasteiger partial charge in [-0.3, -0.25) is 0 Å². The average molecular weight is 321 g/mol. The third-order valence-corrected chi connectivity index (χ3v) is 14.1. The molecule has 0 rings (SSSR count). The van der Waals surface area contributed by atoms with Gasteiger partial charge in [0.2, 0.25) is 8.32 Å². The highest BCUT2D eigenvalue weighted by Gasteiger charge is 2.47. The first-order chi connectivity index (χ1) is 8.49. The van der Waals surface area contributed by atoms with Crippen molar-refractivity contribution in [3.05, 3.63) is 0 Å². The van der Waals surface area contributed by atoms with Gasteiger partial charge in [0.25, 0.3) is 0 Å². The predicted molar refractivity (Wildman–Crippen MR) is 94.4 cm³/mol. The fraction of sp³-hybridized carbons (Fsp3) is 1.00. The Morgan fingerprint density at radius 1 is 1.05 bits per heavy atom. The Balaban J connectivity index is 4.94. The SMILES string of the molecule is CCCC[Si](C)(C)O[C@@](C)(CC)[Si](C)(C)O[SiH](C)C. The Morgan fingerprint density at radius 2 is 1.58 bits per heavy atom. The van der Waals surface area contributed by atoms with Gasteiger partial charge in [0, 0.05) is 0 Å². The fourth-order valence-corrected chi connectivity index (χ4v) is 13.6. The first kappa shape index (κ1) is 19.6. The molecule has 0 heterocycles. The number of unbranched alkanes of at least 4 members (excludes halogenated alkanes) is 1. The second kappa shape index (κ2) is 7.54. The summed E-state index contributed by atoms with van der Waals surface area (Å²) in [6.45, 7) is 20.8. The van der Waals surface area contributed by atoms with E-state index in [1.165, 1.54) is 18.9 Å². The molecule has 116 valence electrons. The molecule has 0 unspecified atom stereocenters. The summed E-state index contributed by atoms with van der Waals surface area (Å²) >= 11 is 0. The monoisotopic (exact) mass is 320 g/mol. The Labute approximate surface area is 125 Å². The van der Waals surface area contributed by atoms with Crippen LogP contribution >= 0.6 is 0 Å². The molecular formula is C14H36O2Si3. The van der Waals surface area contributed by atoms with Gasteiger partial charge < -0.3 is 8.54 Å². The van der Waals surface area contributed by atoms with Crippen LogP contribution in [0.4, 0.5) is 0 Å². The summed E-state index contributed by atoms with van der Waals surface area (Å²) in [7, 11) is -4.37. The van der Waals surface area contributed by atoms with Gasteiger partial charge in [-0.25, -0.2) is 0 Å². The summed E-state index contributed by atoms with van der Waals surface area (Å²) in [4.78, 5) is 0. The summed E-state index contributed by atoms with van der Waals surface area (Å²) in [5.74, 6) is 0. The lowest BCUT2D eigenvalue weighted by Gasteiger charge is -2.47. The zero-order valence-electron chi connectivity index (χ0n) is 14.7. The number of rotatable bonds is 9. The van der Waals surface area contributed by atoms with Crippen molar-refractivity contribution >= 4 is 25.7 Å². The third-order valence-electron chi connectivity index (χ3n) is 4.11. The summed E-state index contributed by atoms with van der Waals surface area (Å²) in [5, 5.41) is -0.0340. The molecule has 2 nitrogen and oxygen atoms in total. The van der Waals surface area contributed by atoms with E-state index in [2.05, 4.69) is 60.1 Å². The molecule has 0 fully saturated rings. The van der Waals surface area contributed by atoms with Crippen LogP contribution in [-0.2, 0) is 8.54 Å². The first-order valence-electron chi connectivity index (χ1n) is 7.87. The van der Waals surface area contributed by atoms with Gasteiger partial charge >= 0.3 is 0 Å². The van der Waals surface area contributed by atoms with Gasteiger partial charge in [-0.2, -0.15) is 0 Å². The van der Waals surface area contributed by atoms with Crippen molar-refractivity contribution in [2.24, 2.45) is 0 Å². The van der Waals surface area contributed by atoms with Gasteiger partial charge in [-0.05, 0) is 58.7 Å². The molecule has 0 saturated carbocycles. The first-order valence-corrected chi connectivity index (χ1v) is 16.7. The molecule has 0 radical (unpaired) electrons. The van der Waals surface area contributed by atoms with Crippen LogP contribution in [-0.4, -0.2) is 30.9 Å². The zero-order chi connectivity index (χ0) is 15.3. The van der Waals surface area contributed by atoms with Crippen molar-refractivity contribution in [1.29, 1.82) is 0 Å². The molecule has 0 spiro atoms. The normalized spacial score (nSPS) is 16.7. The van der Waals surface area contributed by atoms with Crippen LogP contribution in [0.3, 0.4) is 0 Å². The van der Waals surface area contributed by atoms with E-state index >= 15 is 0 Å². The van der Waals surface area contributed by atoms with Crippen LogP contribution < -0.4 is 0 Å². The van der Waals surface area contributed by atoms with E-state index in [-0.39, 0.29) is 5.22 Å². The van der Waals surface area contributed by atoms with E-state index in [1.54, 1.807) is 0 Å². The molecule has 19 heavy (non-hydrogen) atoms. The van der Waals surface area contributed by atoms with Crippen LogP contribution in [0.5, 0.6) is 0 Å². The van der Waals surface area contributed by atoms with E-state index < -0.39 is 25.7 Å². The van der Waals surface area contributed by atoms with Crippen LogP contribution in [0.25, 0.3) is 0 Å². The van der Waals surface area contributed by atoms with Gasteiger partial charge in [-0.1, -0.05) is 26.7 Å². The smallest absolute Gasteiger partial charge is 0.204 e. The lowest BCUT2D eigenvalue weighted by molar-refractivity contribution is 0.132. The van der Waals surface area contributed by atoms with Crippen molar-refractivity contribution < 1.29 is 8.54 Å². The molecular weight excluding hydrogens is 284 g/mol. The molecule has 0 aliphatic carbocycles. The molecule has 0 bridgehead atoms. The lowest BCUT2D eigenvalue weighted by atomic mass is 10.3. The average Bonchev–Trinajstić information content (AvgIpc) is 2.23. The minimum absolute atomic E-state index is 0.0340. The maximum Gasteiger partial charge on any atom is 0.204 e. The lowest BCUT2D eigenvalue weighted by Crippen LogP contribution is -2.61. The van der Waals surface area contributed by atoms with Crippen LogP contribution in [0, 0.1) is 0 Å². The van der Waals surface area contributed by atoms with E-state index in [9.17, 15) is 0 Å². The van der Waals surface area contributed by atoms with Crippen LogP contribution in [0.2, 0.25) is 45.3 Å². The standard InChI is InChI=1S/C14H36O2Si3/c1-10-12-13-18(6,7)15-14(3,11-2)19(8,9)16-17(4)5/h17H,10-13H2,1-9H3/t14-/m1/s1. The van der Waals surface area contributed by atoms with E-state index in [0.717, 1.165) is 6.42 Å². The number of hydrogen-bond acceptors (Lipinski definition) is 2.